The number of nitrogens with zero attached hydrogens (tertiary/aromatic N) is 1. The van der Waals surface area contributed by atoms with Gasteiger partial charge in [-0.1, -0.05) is 6.07 Å². The third kappa shape index (κ3) is 3.20. The van der Waals surface area contributed by atoms with Crippen molar-refractivity contribution >= 4 is 17.0 Å². The van der Waals surface area contributed by atoms with Crippen LogP contribution in [0.4, 0.5) is 26.3 Å². The number of aromatic nitrogens is 2. The Bertz CT molecular complexity index is 1370. The molecule has 0 saturated heterocycles. The molecule has 4 aromatic rings. The van der Waals surface area contributed by atoms with Crippen LogP contribution in [0.15, 0.2) is 30.3 Å². The van der Waals surface area contributed by atoms with Crippen molar-refractivity contribution in [3.63, 3.8) is 0 Å². The van der Waals surface area contributed by atoms with Gasteiger partial charge in [0, 0.05) is 0 Å². The first kappa shape index (κ1) is 20.5. The smallest absolute Gasteiger partial charge is 0.337 e. The van der Waals surface area contributed by atoms with Crippen LogP contribution in [0.25, 0.3) is 33.5 Å². The third-order valence-corrected chi connectivity index (χ3v) is 4.67. The van der Waals surface area contributed by atoms with E-state index in [0.29, 0.717) is 17.7 Å². The zero-order valence-corrected chi connectivity index (χ0v) is 15.5. The zero-order chi connectivity index (χ0) is 22.6. The molecule has 4 rings (SSSR count). The van der Waals surface area contributed by atoms with Gasteiger partial charge in [0.15, 0.2) is 34.9 Å². The van der Waals surface area contributed by atoms with E-state index in [2.05, 4.69) is 9.97 Å². The second-order valence-corrected chi connectivity index (χ2v) is 6.73. The Balaban J connectivity index is 1.98. The van der Waals surface area contributed by atoms with Gasteiger partial charge in [-0.15, -0.1) is 0 Å². The number of carboxylic acid groups (broad SMARTS) is 1. The molecule has 10 heteroatoms. The summed E-state index contributed by atoms with van der Waals surface area (Å²) in [6.45, 7) is 1.57. The number of halogens is 6. The molecule has 1 aromatic heterocycles. The number of imidazole rings is 1. The highest BCUT2D eigenvalue weighted by Gasteiger charge is 2.29. The van der Waals surface area contributed by atoms with E-state index in [1.54, 1.807) is 6.92 Å². The second-order valence-electron chi connectivity index (χ2n) is 6.73. The van der Waals surface area contributed by atoms with Crippen LogP contribution in [0.2, 0.25) is 0 Å². The lowest BCUT2D eigenvalue weighted by molar-refractivity contribution is 0.0698. The normalized spacial score (nSPS) is 11.3. The highest BCUT2D eigenvalue weighted by molar-refractivity contribution is 6.02. The monoisotopic (exact) mass is 436 g/mol. The van der Waals surface area contributed by atoms with Crippen LogP contribution in [-0.2, 0) is 0 Å². The van der Waals surface area contributed by atoms with Crippen molar-refractivity contribution < 1.29 is 36.2 Å². The van der Waals surface area contributed by atoms with Gasteiger partial charge in [0.1, 0.15) is 11.3 Å². The summed E-state index contributed by atoms with van der Waals surface area (Å²) in [6.07, 6.45) is 0. The third-order valence-electron chi connectivity index (χ3n) is 4.67. The largest absolute Gasteiger partial charge is 0.478 e. The molecule has 3 aromatic carbocycles. The lowest BCUT2D eigenvalue weighted by atomic mass is 10.0. The van der Waals surface area contributed by atoms with Crippen LogP contribution in [0, 0.1) is 41.8 Å². The Labute approximate surface area is 169 Å². The minimum atomic E-state index is -1.85. The van der Waals surface area contributed by atoms with Crippen molar-refractivity contribution in [2.45, 2.75) is 6.92 Å². The summed E-state index contributed by atoms with van der Waals surface area (Å²) >= 11 is 0. The van der Waals surface area contributed by atoms with Gasteiger partial charge >= 0.3 is 5.97 Å². The van der Waals surface area contributed by atoms with Gasteiger partial charge in [-0.3, -0.25) is 0 Å². The van der Waals surface area contributed by atoms with Crippen LogP contribution in [0.3, 0.4) is 0 Å². The van der Waals surface area contributed by atoms with Gasteiger partial charge in [-0.25, -0.2) is 36.1 Å². The van der Waals surface area contributed by atoms with E-state index in [9.17, 15) is 36.2 Å². The van der Waals surface area contributed by atoms with Crippen molar-refractivity contribution in [2.24, 2.45) is 0 Å². The molecule has 0 aliphatic carbocycles. The highest BCUT2D eigenvalue weighted by Crippen LogP contribution is 2.37. The first-order valence-electron chi connectivity index (χ1n) is 8.65. The van der Waals surface area contributed by atoms with Crippen LogP contribution < -0.4 is 0 Å². The minimum Gasteiger partial charge on any atom is -0.478 e. The predicted octanol–water partition coefficient (Wildman–Crippen LogP) is 5.74. The minimum absolute atomic E-state index is 0.0803. The molecule has 0 atom stereocenters. The summed E-state index contributed by atoms with van der Waals surface area (Å²) < 4.78 is 85.6. The number of carboxylic acids is 1. The number of hydrogen-bond acceptors (Lipinski definition) is 2. The van der Waals surface area contributed by atoms with Crippen LogP contribution >= 0.6 is 0 Å². The number of aromatic carboxylic acids is 1. The van der Waals surface area contributed by atoms with Crippen molar-refractivity contribution in [3.8, 4) is 22.5 Å². The molecule has 1 heterocycles. The maximum atomic E-state index is 14.8. The van der Waals surface area contributed by atoms with E-state index in [4.69, 9.17) is 0 Å². The molecule has 2 N–H and O–H groups in total. The lowest BCUT2D eigenvalue weighted by Gasteiger charge is -2.11. The van der Waals surface area contributed by atoms with E-state index in [-0.39, 0.29) is 16.6 Å². The summed E-state index contributed by atoms with van der Waals surface area (Å²) in [7, 11) is 0. The fourth-order valence-corrected chi connectivity index (χ4v) is 3.29. The van der Waals surface area contributed by atoms with Crippen LogP contribution in [-0.4, -0.2) is 21.0 Å². The number of fused-ring (bicyclic) bond motifs is 1. The number of aromatic amines is 1. The Hall–Kier alpha value is -3.82. The van der Waals surface area contributed by atoms with Gasteiger partial charge in [-0.2, -0.15) is 0 Å². The van der Waals surface area contributed by atoms with E-state index < -0.39 is 63.4 Å². The number of carbonyl (C=O) groups is 1. The highest BCUT2D eigenvalue weighted by atomic mass is 19.2. The molecular formula is C21H10F6N2O2. The second kappa shape index (κ2) is 7.15. The lowest BCUT2D eigenvalue weighted by Crippen LogP contribution is -2.04. The fraction of sp³-hybridized carbons (Fsp3) is 0.0476. The molecule has 0 spiro atoms. The first-order chi connectivity index (χ1) is 14.6. The van der Waals surface area contributed by atoms with Gasteiger partial charge in [0.2, 0.25) is 0 Å². The number of H-pyrrole nitrogens is 1. The molecule has 0 amide bonds. The molecule has 0 unspecified atom stereocenters. The van der Waals surface area contributed by atoms with Gasteiger partial charge < -0.3 is 10.1 Å². The standard InChI is InChI=1S/C21H10F6N2O2/c1-7-4-9(21(30)31)19-12(5-7)28-20(29-19)14-17(26)15(24)13(16(25)18(14)27)8-2-3-10(22)11(23)6-8/h2-6H,1H3,(H,28,29)(H,30,31). The quantitative estimate of drug-likeness (QED) is 0.318. The number of rotatable bonds is 3. The van der Waals surface area contributed by atoms with E-state index in [1.165, 1.54) is 12.1 Å². The number of nitrogens with one attached hydrogen (secondary N) is 1. The van der Waals surface area contributed by atoms with E-state index in [1.807, 2.05) is 0 Å². The maximum Gasteiger partial charge on any atom is 0.337 e. The van der Waals surface area contributed by atoms with E-state index >= 15 is 0 Å². The van der Waals surface area contributed by atoms with Gasteiger partial charge in [0.05, 0.1) is 22.2 Å². The molecule has 0 saturated carbocycles. The molecule has 0 bridgehead atoms. The Morgan fingerprint density at radius 1 is 0.871 bits per heavy atom. The van der Waals surface area contributed by atoms with Crippen molar-refractivity contribution in [1.82, 2.24) is 9.97 Å². The Morgan fingerprint density at radius 2 is 1.48 bits per heavy atom. The maximum absolute atomic E-state index is 14.8. The summed E-state index contributed by atoms with van der Waals surface area (Å²) in [6, 6.07) is 4.44. The summed E-state index contributed by atoms with van der Waals surface area (Å²) in [4.78, 5) is 17.7. The number of hydrogen-bond donors (Lipinski definition) is 2. The first-order valence-corrected chi connectivity index (χ1v) is 8.65. The molecule has 4 nitrogen and oxygen atoms in total. The molecular weight excluding hydrogens is 426 g/mol. The average molecular weight is 436 g/mol. The molecule has 0 aliphatic heterocycles. The number of aryl methyl sites for hydroxylation is 1. The SMILES string of the molecule is Cc1cc(C(=O)O)c2nc(-c3c(F)c(F)c(-c4ccc(F)c(F)c4)c(F)c3F)[nH]c2c1. The fourth-order valence-electron chi connectivity index (χ4n) is 3.29. The molecule has 0 aliphatic rings. The Kier molecular flexibility index (Phi) is 4.72. The molecule has 0 fully saturated rings. The van der Waals surface area contributed by atoms with Crippen LogP contribution in [0.1, 0.15) is 15.9 Å². The summed E-state index contributed by atoms with van der Waals surface area (Å²) in [5.41, 5.74) is -2.92. The van der Waals surface area contributed by atoms with Crippen molar-refractivity contribution in [2.75, 3.05) is 0 Å². The summed E-state index contributed by atoms with van der Waals surface area (Å²) in [5.74, 6) is -12.2. The van der Waals surface area contributed by atoms with Gasteiger partial charge in [-0.05, 0) is 42.3 Å². The molecule has 158 valence electrons. The number of benzene rings is 3. The Morgan fingerprint density at radius 3 is 2.06 bits per heavy atom. The molecule has 0 radical (unpaired) electrons. The predicted molar refractivity (Wildman–Crippen MR) is 98.4 cm³/mol. The summed E-state index contributed by atoms with van der Waals surface area (Å²) in [5, 5.41) is 9.31. The average Bonchev–Trinajstić information content (AvgIpc) is 3.11. The topological polar surface area (TPSA) is 66.0 Å². The van der Waals surface area contributed by atoms with Crippen molar-refractivity contribution in [1.29, 1.82) is 0 Å². The van der Waals surface area contributed by atoms with Crippen molar-refractivity contribution in [3.05, 3.63) is 76.4 Å². The van der Waals surface area contributed by atoms with Gasteiger partial charge in [0.25, 0.3) is 0 Å². The zero-order valence-electron chi connectivity index (χ0n) is 15.5. The van der Waals surface area contributed by atoms with Crippen LogP contribution in [0.5, 0.6) is 0 Å². The molecule has 31 heavy (non-hydrogen) atoms. The van der Waals surface area contributed by atoms with E-state index in [0.717, 1.165) is 6.07 Å².